The molecule has 0 atom stereocenters. The van der Waals surface area contributed by atoms with Gasteiger partial charge in [-0.2, -0.15) is 0 Å². The van der Waals surface area contributed by atoms with Crippen molar-refractivity contribution in [2.24, 2.45) is 4.99 Å². The number of nitrogens with zero attached hydrogens (tertiary/aromatic N) is 2. The van der Waals surface area contributed by atoms with Gasteiger partial charge >= 0.3 is 0 Å². The van der Waals surface area contributed by atoms with Crippen LogP contribution in [0.25, 0.3) is 0 Å². The van der Waals surface area contributed by atoms with Crippen molar-refractivity contribution in [3.8, 4) is 0 Å². The van der Waals surface area contributed by atoms with Crippen molar-refractivity contribution in [3.05, 3.63) is 47.3 Å². The summed E-state index contributed by atoms with van der Waals surface area (Å²) in [6.07, 6.45) is 0. The molecule has 0 aliphatic heterocycles. The molecular formula is C17H25FN4O. The van der Waals surface area contributed by atoms with E-state index in [0.29, 0.717) is 24.6 Å². The lowest BCUT2D eigenvalue weighted by molar-refractivity contribution is -0.127. The maximum absolute atomic E-state index is 13.3. The second-order valence-corrected chi connectivity index (χ2v) is 5.70. The summed E-state index contributed by atoms with van der Waals surface area (Å²) in [5.41, 5.74) is 2.44. The first kappa shape index (κ1) is 18.7. The smallest absolute Gasteiger partial charge is 0.241 e. The van der Waals surface area contributed by atoms with Crippen molar-refractivity contribution in [3.63, 3.8) is 0 Å². The van der Waals surface area contributed by atoms with E-state index in [-0.39, 0.29) is 18.3 Å². The highest BCUT2D eigenvalue weighted by Crippen LogP contribution is 2.10. The third-order valence-electron chi connectivity index (χ3n) is 3.11. The van der Waals surface area contributed by atoms with Crippen molar-refractivity contribution in [1.82, 2.24) is 15.5 Å². The van der Waals surface area contributed by atoms with Gasteiger partial charge in [0.15, 0.2) is 5.96 Å². The van der Waals surface area contributed by atoms with Gasteiger partial charge in [-0.1, -0.05) is 24.3 Å². The van der Waals surface area contributed by atoms with E-state index < -0.39 is 0 Å². The van der Waals surface area contributed by atoms with Gasteiger partial charge in [-0.3, -0.25) is 4.79 Å². The molecule has 1 aromatic carbocycles. The Morgan fingerprint density at radius 1 is 1.30 bits per heavy atom. The third-order valence-corrected chi connectivity index (χ3v) is 3.11. The van der Waals surface area contributed by atoms with Crippen LogP contribution in [0.1, 0.15) is 18.1 Å². The highest BCUT2D eigenvalue weighted by atomic mass is 19.1. The zero-order valence-electron chi connectivity index (χ0n) is 14.2. The fourth-order valence-electron chi connectivity index (χ4n) is 1.70. The Balaban J connectivity index is 2.74. The highest BCUT2D eigenvalue weighted by molar-refractivity contribution is 5.86. The predicted molar refractivity (Wildman–Crippen MR) is 91.8 cm³/mol. The van der Waals surface area contributed by atoms with Crippen molar-refractivity contribution >= 4 is 11.9 Å². The lowest BCUT2D eigenvalue weighted by atomic mass is 10.1. The van der Waals surface area contributed by atoms with Gasteiger partial charge in [0.25, 0.3) is 0 Å². The number of likely N-dealkylation sites (N-methyl/N-ethyl adjacent to an activating group) is 1. The quantitative estimate of drug-likeness (QED) is 0.478. The minimum Gasteiger partial charge on any atom is -0.353 e. The first-order valence-electron chi connectivity index (χ1n) is 7.41. The Labute approximate surface area is 137 Å². The Morgan fingerprint density at radius 2 is 1.96 bits per heavy atom. The molecule has 0 heterocycles. The topological polar surface area (TPSA) is 56.7 Å². The molecule has 0 unspecified atom stereocenters. The largest absolute Gasteiger partial charge is 0.353 e. The fraction of sp³-hybridized carbons (Fsp3) is 0.412. The molecule has 5 nitrogen and oxygen atoms in total. The molecule has 0 aliphatic rings. The zero-order chi connectivity index (χ0) is 17.4. The van der Waals surface area contributed by atoms with Crippen molar-refractivity contribution < 1.29 is 9.18 Å². The van der Waals surface area contributed by atoms with Crippen LogP contribution in [0, 0.1) is 12.7 Å². The van der Waals surface area contributed by atoms with E-state index in [1.165, 1.54) is 11.0 Å². The van der Waals surface area contributed by atoms with Crippen molar-refractivity contribution in [2.45, 2.75) is 20.4 Å². The Hall–Kier alpha value is -2.37. The number of carbonyl (C=O) groups excluding carboxylic acids is 1. The summed E-state index contributed by atoms with van der Waals surface area (Å²) in [4.78, 5) is 17.6. The van der Waals surface area contributed by atoms with Crippen LogP contribution in [0.3, 0.4) is 0 Å². The summed E-state index contributed by atoms with van der Waals surface area (Å²) < 4.78 is 13.3. The maximum Gasteiger partial charge on any atom is 0.241 e. The van der Waals surface area contributed by atoms with Crippen LogP contribution in [0.5, 0.6) is 0 Å². The van der Waals surface area contributed by atoms with Gasteiger partial charge in [-0.15, -0.1) is 0 Å². The lowest BCUT2D eigenvalue weighted by Crippen LogP contribution is -2.43. The number of amides is 1. The molecular weight excluding hydrogens is 295 g/mol. The minimum atomic E-state index is -0.229. The lowest BCUT2D eigenvalue weighted by Gasteiger charge is -2.15. The first-order chi connectivity index (χ1) is 10.8. The van der Waals surface area contributed by atoms with Crippen LogP contribution in [0.4, 0.5) is 4.39 Å². The standard InChI is InChI=1S/C17H25FN4O/c1-12(2)9-19-17(21-11-16(23)22(4)5)20-10-14-6-7-15(18)13(3)8-14/h6-8H,1,9-11H2,2-5H3,(H2,19,20,21). The normalized spacial score (nSPS) is 11.1. The van der Waals surface area contributed by atoms with Gasteiger partial charge < -0.3 is 15.5 Å². The molecule has 6 heteroatoms. The first-order valence-corrected chi connectivity index (χ1v) is 7.41. The summed E-state index contributed by atoms with van der Waals surface area (Å²) >= 11 is 0. The van der Waals surface area contributed by atoms with E-state index in [9.17, 15) is 9.18 Å². The number of benzene rings is 1. The van der Waals surface area contributed by atoms with Gasteiger partial charge in [0.05, 0.1) is 13.1 Å². The Morgan fingerprint density at radius 3 is 2.52 bits per heavy atom. The maximum atomic E-state index is 13.3. The number of aliphatic imine (C=N–C) groups is 1. The van der Waals surface area contributed by atoms with E-state index in [1.54, 1.807) is 33.2 Å². The van der Waals surface area contributed by atoms with Crippen LogP contribution in [-0.2, 0) is 11.3 Å². The summed E-state index contributed by atoms with van der Waals surface area (Å²) in [6.45, 7) is 8.55. The number of nitrogens with one attached hydrogen (secondary N) is 2. The molecule has 1 amide bonds. The molecule has 0 radical (unpaired) electrons. The van der Waals surface area contributed by atoms with Gasteiger partial charge in [0.2, 0.25) is 5.91 Å². The van der Waals surface area contributed by atoms with E-state index in [2.05, 4.69) is 22.2 Å². The second-order valence-electron chi connectivity index (χ2n) is 5.70. The fourth-order valence-corrected chi connectivity index (χ4v) is 1.70. The van der Waals surface area contributed by atoms with Gasteiger partial charge in [0, 0.05) is 20.6 Å². The molecule has 0 bridgehead atoms. The number of halogens is 1. The highest BCUT2D eigenvalue weighted by Gasteiger charge is 2.06. The van der Waals surface area contributed by atoms with Crippen LogP contribution in [0.2, 0.25) is 0 Å². The Bertz CT molecular complexity index is 596. The summed E-state index contributed by atoms with van der Waals surface area (Å²) in [7, 11) is 3.40. The molecule has 0 aliphatic carbocycles. The van der Waals surface area contributed by atoms with Gasteiger partial charge in [-0.25, -0.2) is 9.38 Å². The molecule has 126 valence electrons. The third kappa shape index (κ3) is 6.95. The predicted octanol–water partition coefficient (Wildman–Crippen LogP) is 1.83. The molecule has 0 saturated carbocycles. The Kier molecular flexibility index (Phi) is 7.25. The number of rotatable bonds is 6. The second kappa shape index (κ2) is 8.92. The monoisotopic (exact) mass is 320 g/mol. The van der Waals surface area contributed by atoms with E-state index in [4.69, 9.17) is 0 Å². The van der Waals surface area contributed by atoms with Crippen LogP contribution >= 0.6 is 0 Å². The number of aryl methyl sites for hydroxylation is 1. The van der Waals surface area contributed by atoms with Crippen LogP contribution in [-0.4, -0.2) is 44.0 Å². The van der Waals surface area contributed by atoms with Crippen molar-refractivity contribution in [2.75, 3.05) is 27.2 Å². The molecule has 1 rings (SSSR count). The van der Waals surface area contributed by atoms with E-state index in [0.717, 1.165) is 11.1 Å². The molecule has 0 aromatic heterocycles. The molecule has 2 N–H and O–H groups in total. The number of guanidine groups is 1. The van der Waals surface area contributed by atoms with Crippen LogP contribution in [0.15, 0.2) is 35.3 Å². The van der Waals surface area contributed by atoms with Crippen LogP contribution < -0.4 is 10.6 Å². The number of carbonyl (C=O) groups is 1. The molecule has 0 fully saturated rings. The van der Waals surface area contributed by atoms with Crippen molar-refractivity contribution in [1.29, 1.82) is 0 Å². The SMILES string of the molecule is C=C(C)CNC(=NCc1ccc(F)c(C)c1)NCC(=O)N(C)C. The number of hydrogen-bond donors (Lipinski definition) is 2. The molecule has 0 spiro atoms. The summed E-state index contributed by atoms with van der Waals surface area (Å²) in [5, 5.41) is 6.09. The van der Waals surface area contributed by atoms with Gasteiger partial charge in [-0.05, 0) is 31.0 Å². The van der Waals surface area contributed by atoms with E-state index in [1.807, 2.05) is 6.92 Å². The van der Waals surface area contributed by atoms with Gasteiger partial charge in [0.1, 0.15) is 5.82 Å². The average Bonchev–Trinajstić information content (AvgIpc) is 2.49. The summed E-state index contributed by atoms with van der Waals surface area (Å²) in [5.74, 6) is 0.241. The zero-order valence-corrected chi connectivity index (χ0v) is 14.2. The number of hydrogen-bond acceptors (Lipinski definition) is 2. The average molecular weight is 320 g/mol. The molecule has 1 aromatic rings. The molecule has 23 heavy (non-hydrogen) atoms. The minimum absolute atomic E-state index is 0.0487. The summed E-state index contributed by atoms with van der Waals surface area (Å²) in [6, 6.07) is 4.90. The van der Waals surface area contributed by atoms with E-state index >= 15 is 0 Å². The molecule has 0 saturated heterocycles.